The zero-order valence-electron chi connectivity index (χ0n) is 35.1. The molecule has 0 saturated carbocycles. The molecule has 2 unspecified atom stereocenters. The summed E-state index contributed by atoms with van der Waals surface area (Å²) < 4.78 is 0. The maximum atomic E-state index is 3.98. The second-order valence-electron chi connectivity index (χ2n) is 17.3. The van der Waals surface area contributed by atoms with E-state index in [1.54, 1.807) is 0 Å². The van der Waals surface area contributed by atoms with Crippen LogP contribution in [0, 0.1) is 51.4 Å². The third kappa shape index (κ3) is 6.31. The summed E-state index contributed by atoms with van der Waals surface area (Å²) in [5, 5.41) is 0. The SMILES string of the molecule is Cc1cc(C(C#Cc2sc(C#CC(c3cc(C)c4cccccc3-4)c3cc(C)c4cccccc3-4)c3c2C2C=CC3CC2)c2cc(C)c3cccccc2-3)c2cccccc1-2. The molecular weight excluding hydrogens is 753 g/mol. The van der Waals surface area contributed by atoms with Gasteiger partial charge in [-0.05, 0) is 141 Å². The van der Waals surface area contributed by atoms with Crippen molar-refractivity contribution in [3.8, 4) is 68.2 Å². The first-order valence-electron chi connectivity index (χ1n) is 21.7. The van der Waals surface area contributed by atoms with Gasteiger partial charge in [-0.3, -0.25) is 0 Å². The van der Waals surface area contributed by atoms with Gasteiger partial charge in [0.25, 0.3) is 0 Å². The fraction of sp³-hybridized carbons (Fsp3) is 0.167. The lowest BCUT2D eigenvalue weighted by atomic mass is 9.71. The summed E-state index contributed by atoms with van der Waals surface area (Å²) in [6.07, 6.45) is 7.23. The van der Waals surface area contributed by atoms with E-state index in [2.05, 4.69) is 209 Å². The van der Waals surface area contributed by atoms with Gasteiger partial charge in [-0.25, -0.2) is 0 Å². The second-order valence-corrected chi connectivity index (χ2v) is 18.3. The molecule has 292 valence electrons. The molecule has 1 heteroatoms. The van der Waals surface area contributed by atoms with E-state index in [0.717, 1.165) is 12.8 Å². The Bertz CT molecular complexity index is 2810. The van der Waals surface area contributed by atoms with Gasteiger partial charge in [-0.2, -0.15) is 0 Å². The fourth-order valence-corrected chi connectivity index (χ4v) is 11.8. The van der Waals surface area contributed by atoms with Crippen LogP contribution >= 0.6 is 11.3 Å². The molecule has 1 aromatic rings. The van der Waals surface area contributed by atoms with Gasteiger partial charge in [0.05, 0.1) is 21.6 Å². The van der Waals surface area contributed by atoms with Gasteiger partial charge in [0.2, 0.25) is 0 Å². The molecule has 1 aromatic heterocycles. The third-order valence-corrected chi connectivity index (χ3v) is 14.6. The van der Waals surface area contributed by atoms with Crippen LogP contribution in [0.1, 0.15) is 102 Å². The lowest BCUT2D eigenvalue weighted by molar-refractivity contribution is 0.555. The largest absolute Gasteiger partial charge is 0.117 e. The van der Waals surface area contributed by atoms with Crippen LogP contribution in [0.3, 0.4) is 0 Å². The third-order valence-electron chi connectivity index (χ3n) is 13.6. The maximum absolute atomic E-state index is 3.98. The van der Waals surface area contributed by atoms with E-state index < -0.39 is 0 Å². The lowest BCUT2D eigenvalue weighted by Crippen LogP contribution is -2.16. The summed E-state index contributed by atoms with van der Waals surface area (Å²) in [5.41, 5.74) is 23.4. The number of thiophene rings is 1. The smallest absolute Gasteiger partial charge is 0.0823 e. The van der Waals surface area contributed by atoms with Crippen molar-refractivity contribution >= 4 is 11.3 Å². The number of fused-ring (bicyclic) bond motifs is 5. The zero-order valence-corrected chi connectivity index (χ0v) is 36.0. The minimum Gasteiger partial charge on any atom is -0.117 e. The van der Waals surface area contributed by atoms with Crippen LogP contribution in [0.15, 0.2) is 158 Å². The predicted octanol–water partition coefficient (Wildman–Crippen LogP) is 15.3. The van der Waals surface area contributed by atoms with Gasteiger partial charge >= 0.3 is 0 Å². The van der Waals surface area contributed by atoms with Crippen molar-refractivity contribution in [3.05, 3.63) is 223 Å². The summed E-state index contributed by atoms with van der Waals surface area (Å²) in [4.78, 5) is 2.36. The van der Waals surface area contributed by atoms with Crippen LogP contribution < -0.4 is 0 Å². The molecule has 0 aliphatic heterocycles. The lowest BCUT2D eigenvalue weighted by Gasteiger charge is -2.31. The molecule has 0 amide bonds. The average Bonchev–Trinajstić information content (AvgIpc) is 3.77. The van der Waals surface area contributed by atoms with Gasteiger partial charge in [0, 0.05) is 11.8 Å². The van der Waals surface area contributed by atoms with Crippen molar-refractivity contribution in [1.82, 2.24) is 0 Å². The minimum atomic E-state index is -0.101. The van der Waals surface area contributed by atoms with Gasteiger partial charge in [0.1, 0.15) is 0 Å². The first-order chi connectivity index (χ1) is 29.9. The molecule has 61 heavy (non-hydrogen) atoms. The highest BCUT2D eigenvalue weighted by Gasteiger charge is 2.35. The van der Waals surface area contributed by atoms with E-state index >= 15 is 0 Å². The van der Waals surface area contributed by atoms with E-state index in [0.29, 0.717) is 11.8 Å². The Morgan fingerprint density at radius 2 is 0.672 bits per heavy atom. The average molecular weight is 799 g/mol. The van der Waals surface area contributed by atoms with E-state index in [9.17, 15) is 0 Å². The summed E-state index contributed by atoms with van der Waals surface area (Å²) in [6.45, 7) is 8.95. The summed E-state index contributed by atoms with van der Waals surface area (Å²) in [7, 11) is 0. The molecule has 0 N–H and O–H groups in total. The van der Waals surface area contributed by atoms with E-state index in [1.165, 1.54) is 110 Å². The van der Waals surface area contributed by atoms with Crippen molar-refractivity contribution in [2.24, 2.45) is 0 Å². The topological polar surface area (TPSA) is 0 Å². The van der Waals surface area contributed by atoms with Gasteiger partial charge in [-0.1, -0.05) is 181 Å². The van der Waals surface area contributed by atoms with Crippen molar-refractivity contribution in [2.75, 3.05) is 0 Å². The predicted molar refractivity (Wildman–Crippen MR) is 257 cm³/mol. The van der Waals surface area contributed by atoms with E-state index in [-0.39, 0.29) is 11.8 Å². The van der Waals surface area contributed by atoms with Crippen LogP contribution in [0.2, 0.25) is 0 Å². The Morgan fingerprint density at radius 1 is 0.393 bits per heavy atom. The Labute approximate surface area is 365 Å². The Hall–Kier alpha value is -6.64. The number of aryl methyl sites for hydroxylation is 4. The van der Waals surface area contributed by atoms with Crippen LogP contribution in [-0.4, -0.2) is 0 Å². The molecule has 2 bridgehead atoms. The van der Waals surface area contributed by atoms with Gasteiger partial charge in [-0.15, -0.1) is 11.3 Å². The zero-order chi connectivity index (χ0) is 41.2. The molecule has 1 heterocycles. The van der Waals surface area contributed by atoms with Crippen molar-refractivity contribution < 1.29 is 0 Å². The second kappa shape index (κ2) is 15.1. The Morgan fingerprint density at radius 3 is 0.951 bits per heavy atom. The molecule has 0 spiro atoms. The highest BCUT2D eigenvalue weighted by Crippen LogP contribution is 2.52. The van der Waals surface area contributed by atoms with Crippen molar-refractivity contribution in [1.29, 1.82) is 0 Å². The monoisotopic (exact) mass is 798 g/mol. The van der Waals surface area contributed by atoms with Gasteiger partial charge in [0.15, 0.2) is 0 Å². The molecular formula is C60H46S. The highest BCUT2D eigenvalue weighted by molar-refractivity contribution is 7.13. The molecule has 11 aliphatic carbocycles. The van der Waals surface area contributed by atoms with Gasteiger partial charge < -0.3 is 0 Å². The minimum absolute atomic E-state index is 0.101. The summed E-state index contributed by atoms with van der Waals surface area (Å²) in [6, 6.07) is 53.4. The fourth-order valence-electron chi connectivity index (χ4n) is 10.7. The molecule has 12 rings (SSSR count). The highest BCUT2D eigenvalue weighted by atomic mass is 32.1. The summed E-state index contributed by atoms with van der Waals surface area (Å²) >= 11 is 1.83. The molecule has 2 atom stereocenters. The normalized spacial score (nSPS) is 15.4. The van der Waals surface area contributed by atoms with Crippen LogP contribution in [0.4, 0.5) is 0 Å². The number of allylic oxidation sites excluding steroid dienone is 2. The van der Waals surface area contributed by atoms with Crippen molar-refractivity contribution in [3.63, 3.8) is 0 Å². The van der Waals surface area contributed by atoms with Crippen LogP contribution in [0.5, 0.6) is 0 Å². The van der Waals surface area contributed by atoms with Crippen LogP contribution in [-0.2, 0) is 0 Å². The van der Waals surface area contributed by atoms with Crippen LogP contribution in [0.25, 0.3) is 44.5 Å². The Balaban J connectivity index is 1.10. The number of rotatable bonds is 4. The molecule has 0 aromatic carbocycles. The summed E-state index contributed by atoms with van der Waals surface area (Å²) in [5.74, 6) is 16.3. The molecule has 0 radical (unpaired) electrons. The molecule has 0 nitrogen and oxygen atoms in total. The first-order valence-corrected chi connectivity index (χ1v) is 22.6. The van der Waals surface area contributed by atoms with Crippen molar-refractivity contribution in [2.45, 2.75) is 64.2 Å². The molecule has 0 fully saturated rings. The maximum Gasteiger partial charge on any atom is 0.0823 e. The first kappa shape index (κ1) is 37.4. The quantitative estimate of drug-likeness (QED) is 0.123. The number of hydrogen-bond acceptors (Lipinski definition) is 1. The van der Waals surface area contributed by atoms with E-state index in [1.807, 2.05) is 11.3 Å². The molecule has 0 saturated heterocycles. The standard InChI is InChI=1S/C60H46S/c1-37-33-53(47-21-13-5-9-17-43(37)47)51(54-34-38(2)44-18-10-6-14-22-48(44)54)29-31-57-59-41-25-27-42(28-26-41)60(59)58(61-57)32-30-52(55-35-39(3)45-19-11-7-15-23-49(45)55)56-36-40(4)46-20-12-8-16-24-50(46)56/h5-25,27,33-36,41-42,51-52H,26,28H2,1-4H3. The molecule has 11 aliphatic rings. The Kier molecular flexibility index (Phi) is 9.26. The van der Waals surface area contributed by atoms with E-state index in [4.69, 9.17) is 0 Å². The number of hydrogen-bond donors (Lipinski definition) is 0.